The lowest BCUT2D eigenvalue weighted by Crippen LogP contribution is -1.95. The highest BCUT2D eigenvalue weighted by atomic mass is 16.6. The van der Waals surface area contributed by atoms with Crippen LogP contribution in [0.2, 0.25) is 0 Å². The molecular formula is C14H9N3O2. The minimum Gasteiger partial charge on any atom is -0.489 e. The molecule has 0 saturated carbocycles. The van der Waals surface area contributed by atoms with Crippen molar-refractivity contribution in [2.24, 2.45) is 0 Å². The zero-order valence-electron chi connectivity index (χ0n) is 9.91. The van der Waals surface area contributed by atoms with Crippen LogP contribution in [0, 0.1) is 11.3 Å². The maximum Gasteiger partial charge on any atom is 0.135 e. The van der Waals surface area contributed by atoms with Crippen molar-refractivity contribution < 1.29 is 9.37 Å². The van der Waals surface area contributed by atoms with Crippen LogP contribution < -0.4 is 4.74 Å². The van der Waals surface area contributed by atoms with Crippen LogP contribution >= 0.6 is 0 Å². The Bertz CT molecular complexity index is 741. The molecule has 0 aliphatic carbocycles. The highest BCUT2D eigenvalue weighted by Gasteiger charge is 2.02. The van der Waals surface area contributed by atoms with Crippen molar-refractivity contribution in [3.63, 3.8) is 0 Å². The first-order valence-electron chi connectivity index (χ1n) is 5.69. The highest BCUT2D eigenvalue weighted by Crippen LogP contribution is 2.16. The smallest absolute Gasteiger partial charge is 0.135 e. The minimum absolute atomic E-state index is 0.425. The molecule has 3 aromatic rings. The van der Waals surface area contributed by atoms with E-state index in [-0.39, 0.29) is 0 Å². The normalized spacial score (nSPS) is 10.3. The molecule has 19 heavy (non-hydrogen) atoms. The summed E-state index contributed by atoms with van der Waals surface area (Å²) in [4.78, 5) is 0. The molecule has 0 fully saturated rings. The van der Waals surface area contributed by atoms with E-state index in [2.05, 4.69) is 21.0 Å². The van der Waals surface area contributed by atoms with Gasteiger partial charge < -0.3 is 4.74 Å². The summed E-state index contributed by atoms with van der Waals surface area (Å²) in [6, 6.07) is 14.7. The van der Waals surface area contributed by atoms with Crippen LogP contribution in [0.1, 0.15) is 11.1 Å². The first-order valence-corrected chi connectivity index (χ1v) is 5.69. The largest absolute Gasteiger partial charge is 0.489 e. The second-order valence-corrected chi connectivity index (χ2v) is 4.01. The summed E-state index contributed by atoms with van der Waals surface area (Å²) in [6.45, 7) is 0.425. The van der Waals surface area contributed by atoms with Crippen molar-refractivity contribution >= 4 is 11.0 Å². The van der Waals surface area contributed by atoms with Gasteiger partial charge in [0.1, 0.15) is 23.4 Å². The summed E-state index contributed by atoms with van der Waals surface area (Å²) in [5, 5.41) is 16.2. The third-order valence-corrected chi connectivity index (χ3v) is 2.71. The van der Waals surface area contributed by atoms with Crippen LogP contribution in [-0.2, 0) is 6.61 Å². The standard InChI is InChI=1S/C14H9N3O2/c15-8-10-1-4-12(5-2-10)18-9-11-3-6-13-14(7-11)17-19-16-13/h1-7H,9H2. The van der Waals surface area contributed by atoms with E-state index >= 15 is 0 Å². The van der Waals surface area contributed by atoms with Gasteiger partial charge in [-0.15, -0.1) is 0 Å². The number of rotatable bonds is 3. The summed E-state index contributed by atoms with van der Waals surface area (Å²) in [7, 11) is 0. The van der Waals surface area contributed by atoms with Crippen molar-refractivity contribution in [3.8, 4) is 11.8 Å². The fourth-order valence-corrected chi connectivity index (χ4v) is 1.71. The summed E-state index contributed by atoms with van der Waals surface area (Å²) < 4.78 is 10.3. The van der Waals surface area contributed by atoms with Crippen LogP contribution in [0.3, 0.4) is 0 Å². The number of fused-ring (bicyclic) bond motifs is 1. The topological polar surface area (TPSA) is 71.9 Å². The van der Waals surface area contributed by atoms with E-state index in [0.29, 0.717) is 17.7 Å². The molecule has 0 spiro atoms. The number of hydrogen-bond acceptors (Lipinski definition) is 5. The molecule has 2 aromatic carbocycles. The number of hydrogen-bond donors (Lipinski definition) is 0. The molecule has 1 heterocycles. The molecule has 0 bridgehead atoms. The van der Waals surface area contributed by atoms with Crippen molar-refractivity contribution in [1.29, 1.82) is 5.26 Å². The molecule has 5 heteroatoms. The molecule has 0 aliphatic heterocycles. The summed E-state index contributed by atoms with van der Waals surface area (Å²) in [5.74, 6) is 0.720. The Morgan fingerprint density at radius 1 is 1.05 bits per heavy atom. The van der Waals surface area contributed by atoms with Crippen LogP contribution in [-0.4, -0.2) is 10.3 Å². The van der Waals surface area contributed by atoms with E-state index in [1.165, 1.54) is 0 Å². The predicted octanol–water partition coefficient (Wildman–Crippen LogP) is 2.67. The molecule has 0 N–H and O–H groups in total. The van der Waals surface area contributed by atoms with E-state index in [1.54, 1.807) is 24.3 Å². The Morgan fingerprint density at radius 2 is 1.84 bits per heavy atom. The zero-order chi connectivity index (χ0) is 13.1. The second-order valence-electron chi connectivity index (χ2n) is 4.01. The van der Waals surface area contributed by atoms with Gasteiger partial charge in [-0.25, -0.2) is 4.63 Å². The maximum absolute atomic E-state index is 8.70. The molecule has 92 valence electrons. The Kier molecular flexibility index (Phi) is 2.83. The lowest BCUT2D eigenvalue weighted by Gasteiger charge is -2.05. The van der Waals surface area contributed by atoms with Gasteiger partial charge >= 0.3 is 0 Å². The average Bonchev–Trinajstić information content (AvgIpc) is 2.93. The Balaban J connectivity index is 1.72. The molecule has 0 amide bonds. The molecule has 0 radical (unpaired) electrons. The molecule has 0 unspecified atom stereocenters. The quantitative estimate of drug-likeness (QED) is 0.715. The lowest BCUT2D eigenvalue weighted by atomic mass is 10.2. The zero-order valence-corrected chi connectivity index (χ0v) is 9.91. The van der Waals surface area contributed by atoms with Gasteiger partial charge in [0.2, 0.25) is 0 Å². The summed E-state index contributed by atoms with van der Waals surface area (Å²) >= 11 is 0. The van der Waals surface area contributed by atoms with Crippen LogP contribution in [0.5, 0.6) is 5.75 Å². The van der Waals surface area contributed by atoms with Crippen molar-refractivity contribution in [2.45, 2.75) is 6.61 Å². The van der Waals surface area contributed by atoms with E-state index in [9.17, 15) is 0 Å². The fourth-order valence-electron chi connectivity index (χ4n) is 1.71. The first-order chi connectivity index (χ1) is 9.35. The SMILES string of the molecule is N#Cc1ccc(OCc2ccc3nonc3c2)cc1. The third-order valence-electron chi connectivity index (χ3n) is 2.71. The number of nitriles is 1. The lowest BCUT2D eigenvalue weighted by molar-refractivity contribution is 0.306. The molecule has 0 atom stereocenters. The molecule has 0 saturated heterocycles. The average molecular weight is 251 g/mol. The van der Waals surface area contributed by atoms with Gasteiger partial charge in [0.05, 0.1) is 11.6 Å². The predicted molar refractivity (Wildman–Crippen MR) is 67.3 cm³/mol. The molecule has 3 rings (SSSR count). The summed E-state index contributed by atoms with van der Waals surface area (Å²) in [5.41, 5.74) is 3.03. The maximum atomic E-state index is 8.70. The van der Waals surface area contributed by atoms with Crippen LogP contribution in [0.4, 0.5) is 0 Å². The minimum atomic E-state index is 0.425. The van der Waals surface area contributed by atoms with Gasteiger partial charge in [-0.05, 0) is 52.3 Å². The van der Waals surface area contributed by atoms with Crippen molar-refractivity contribution in [1.82, 2.24) is 10.3 Å². The van der Waals surface area contributed by atoms with Crippen molar-refractivity contribution in [3.05, 3.63) is 53.6 Å². The third kappa shape index (κ3) is 2.38. The number of nitrogens with zero attached hydrogens (tertiary/aromatic N) is 3. The van der Waals surface area contributed by atoms with E-state index in [4.69, 9.17) is 10.00 Å². The monoisotopic (exact) mass is 251 g/mol. The van der Waals surface area contributed by atoms with Crippen LogP contribution in [0.25, 0.3) is 11.0 Å². The Labute approximate surface area is 109 Å². The van der Waals surface area contributed by atoms with Gasteiger partial charge in [-0.2, -0.15) is 5.26 Å². The number of benzene rings is 2. The van der Waals surface area contributed by atoms with Gasteiger partial charge in [0, 0.05) is 0 Å². The number of aromatic nitrogens is 2. The summed E-state index contributed by atoms with van der Waals surface area (Å²) in [6.07, 6.45) is 0. The van der Waals surface area contributed by atoms with E-state index in [1.807, 2.05) is 18.2 Å². The fraction of sp³-hybridized carbons (Fsp3) is 0.0714. The van der Waals surface area contributed by atoms with Gasteiger partial charge in [-0.3, -0.25) is 0 Å². The number of ether oxygens (including phenoxy) is 1. The highest BCUT2D eigenvalue weighted by molar-refractivity contribution is 5.73. The van der Waals surface area contributed by atoms with Crippen molar-refractivity contribution in [2.75, 3.05) is 0 Å². The molecule has 0 aliphatic rings. The molecule has 5 nitrogen and oxygen atoms in total. The molecular weight excluding hydrogens is 242 g/mol. The second kappa shape index (κ2) is 4.78. The van der Waals surface area contributed by atoms with Gasteiger partial charge in [0.25, 0.3) is 0 Å². The Morgan fingerprint density at radius 3 is 2.63 bits per heavy atom. The van der Waals surface area contributed by atoms with Gasteiger partial charge in [0.15, 0.2) is 0 Å². The van der Waals surface area contributed by atoms with E-state index < -0.39 is 0 Å². The van der Waals surface area contributed by atoms with Crippen LogP contribution in [0.15, 0.2) is 47.1 Å². The van der Waals surface area contributed by atoms with Gasteiger partial charge in [-0.1, -0.05) is 6.07 Å². The molecule has 1 aromatic heterocycles. The Hall–Kier alpha value is -2.87. The first kappa shape index (κ1) is 11.2. The van der Waals surface area contributed by atoms with E-state index in [0.717, 1.165) is 16.8 Å².